The summed E-state index contributed by atoms with van der Waals surface area (Å²) in [6.07, 6.45) is 0.147. The lowest BCUT2D eigenvalue weighted by Gasteiger charge is -2.11. The zero-order chi connectivity index (χ0) is 17.9. The summed E-state index contributed by atoms with van der Waals surface area (Å²) < 4.78 is 5.02. The van der Waals surface area contributed by atoms with Gasteiger partial charge in [-0.15, -0.1) is 12.4 Å². The Kier molecular flexibility index (Phi) is 11.2. The van der Waals surface area contributed by atoms with Gasteiger partial charge in [0.1, 0.15) is 5.75 Å². The molecule has 1 aromatic carbocycles. The SMILES string of the molecule is CNC(C)CNC(=O)CCC(=O)NCC(=O)c1ccc(OC)cc1.Cl. The topological polar surface area (TPSA) is 96.5 Å². The first kappa shape index (κ1) is 22.9. The average molecular weight is 372 g/mol. The van der Waals surface area contributed by atoms with Gasteiger partial charge in [-0.1, -0.05) is 0 Å². The van der Waals surface area contributed by atoms with E-state index in [0.29, 0.717) is 17.9 Å². The van der Waals surface area contributed by atoms with E-state index in [1.165, 1.54) is 0 Å². The van der Waals surface area contributed by atoms with Gasteiger partial charge in [-0.3, -0.25) is 14.4 Å². The zero-order valence-corrected chi connectivity index (χ0v) is 15.6. The summed E-state index contributed by atoms with van der Waals surface area (Å²) in [5.74, 6) is -0.0464. The third kappa shape index (κ3) is 9.07. The first-order valence-electron chi connectivity index (χ1n) is 7.84. The van der Waals surface area contributed by atoms with Crippen molar-refractivity contribution in [2.24, 2.45) is 0 Å². The largest absolute Gasteiger partial charge is 0.497 e. The van der Waals surface area contributed by atoms with E-state index in [-0.39, 0.29) is 55.4 Å². The minimum absolute atomic E-state index is 0. The van der Waals surface area contributed by atoms with Crippen molar-refractivity contribution < 1.29 is 19.1 Å². The summed E-state index contributed by atoms with van der Waals surface area (Å²) >= 11 is 0. The number of Topliss-reactive ketones (excluding diaryl/α,β-unsaturated/α-hetero) is 1. The van der Waals surface area contributed by atoms with Gasteiger partial charge in [0.05, 0.1) is 13.7 Å². The van der Waals surface area contributed by atoms with Gasteiger partial charge < -0.3 is 20.7 Å². The van der Waals surface area contributed by atoms with Gasteiger partial charge in [0.2, 0.25) is 11.8 Å². The highest BCUT2D eigenvalue weighted by molar-refractivity contribution is 5.99. The number of hydrogen-bond acceptors (Lipinski definition) is 5. The van der Waals surface area contributed by atoms with Gasteiger partial charge in [-0.05, 0) is 38.2 Å². The maximum Gasteiger partial charge on any atom is 0.220 e. The lowest BCUT2D eigenvalue weighted by atomic mass is 10.1. The van der Waals surface area contributed by atoms with Crippen molar-refractivity contribution in [1.82, 2.24) is 16.0 Å². The number of amides is 2. The van der Waals surface area contributed by atoms with Crippen molar-refractivity contribution in [3.63, 3.8) is 0 Å². The summed E-state index contributed by atoms with van der Waals surface area (Å²) in [6, 6.07) is 6.83. The van der Waals surface area contributed by atoms with E-state index in [9.17, 15) is 14.4 Å². The van der Waals surface area contributed by atoms with Crippen molar-refractivity contribution in [3.8, 4) is 5.75 Å². The van der Waals surface area contributed by atoms with E-state index in [0.717, 1.165) is 0 Å². The van der Waals surface area contributed by atoms with Crippen LogP contribution >= 0.6 is 12.4 Å². The van der Waals surface area contributed by atoms with E-state index in [4.69, 9.17) is 4.74 Å². The molecule has 8 heteroatoms. The van der Waals surface area contributed by atoms with Crippen molar-refractivity contribution in [1.29, 1.82) is 0 Å². The molecule has 1 atom stereocenters. The van der Waals surface area contributed by atoms with Crippen LogP contribution in [0.2, 0.25) is 0 Å². The molecular formula is C17H26ClN3O4. The Morgan fingerprint density at radius 2 is 1.60 bits per heavy atom. The van der Waals surface area contributed by atoms with Gasteiger partial charge in [-0.25, -0.2) is 0 Å². The van der Waals surface area contributed by atoms with Crippen molar-refractivity contribution in [3.05, 3.63) is 29.8 Å². The van der Waals surface area contributed by atoms with Crippen molar-refractivity contribution in [2.75, 3.05) is 27.2 Å². The number of carbonyl (C=O) groups is 3. The predicted molar refractivity (Wildman–Crippen MR) is 98.3 cm³/mol. The number of rotatable bonds is 10. The number of hydrogen-bond donors (Lipinski definition) is 3. The van der Waals surface area contributed by atoms with Crippen LogP contribution in [0.5, 0.6) is 5.75 Å². The summed E-state index contributed by atoms with van der Waals surface area (Å²) in [5.41, 5.74) is 0.495. The molecule has 1 unspecified atom stereocenters. The van der Waals surface area contributed by atoms with Crippen LogP contribution in [0.4, 0.5) is 0 Å². The maximum absolute atomic E-state index is 12.0. The molecule has 3 N–H and O–H groups in total. The monoisotopic (exact) mass is 371 g/mol. The standard InChI is InChI=1S/C17H25N3O4.ClH/c1-12(18-2)10-19-16(22)8-9-17(23)20-11-15(21)13-4-6-14(24-3)7-5-13;/h4-7,12,18H,8-11H2,1-3H3,(H,19,22)(H,20,23);1H. The maximum atomic E-state index is 12.0. The fraction of sp³-hybridized carbons (Fsp3) is 0.471. The van der Waals surface area contributed by atoms with Crippen LogP contribution in [0.1, 0.15) is 30.1 Å². The normalized spacial score (nSPS) is 11.0. The number of halogens is 1. The highest BCUT2D eigenvalue weighted by Crippen LogP contribution is 2.11. The van der Waals surface area contributed by atoms with E-state index in [1.54, 1.807) is 31.4 Å². The molecule has 7 nitrogen and oxygen atoms in total. The highest BCUT2D eigenvalue weighted by Gasteiger charge is 2.10. The lowest BCUT2D eigenvalue weighted by Crippen LogP contribution is -2.37. The van der Waals surface area contributed by atoms with E-state index < -0.39 is 0 Å². The molecule has 0 saturated carbocycles. The summed E-state index contributed by atoms with van der Waals surface area (Å²) in [6.45, 7) is 2.36. The minimum atomic E-state index is -0.325. The molecule has 1 aromatic rings. The first-order chi connectivity index (χ1) is 11.5. The number of carbonyl (C=O) groups excluding carboxylic acids is 3. The van der Waals surface area contributed by atoms with Crippen LogP contribution in [-0.2, 0) is 9.59 Å². The summed E-state index contributed by atoms with van der Waals surface area (Å²) in [7, 11) is 3.36. The Hall–Kier alpha value is -2.12. The second kappa shape index (κ2) is 12.3. The van der Waals surface area contributed by atoms with Crippen LogP contribution in [0.25, 0.3) is 0 Å². The van der Waals surface area contributed by atoms with Gasteiger partial charge >= 0.3 is 0 Å². The molecule has 0 aliphatic rings. The summed E-state index contributed by atoms with van der Waals surface area (Å²) in [4.78, 5) is 35.2. The van der Waals surface area contributed by atoms with E-state index in [1.807, 2.05) is 14.0 Å². The van der Waals surface area contributed by atoms with E-state index in [2.05, 4.69) is 16.0 Å². The van der Waals surface area contributed by atoms with Crippen LogP contribution in [-0.4, -0.2) is 50.9 Å². The van der Waals surface area contributed by atoms with Gasteiger partial charge in [0.25, 0.3) is 0 Å². The number of likely N-dealkylation sites (N-methyl/N-ethyl adjacent to an activating group) is 1. The van der Waals surface area contributed by atoms with Crippen LogP contribution in [0.15, 0.2) is 24.3 Å². The molecule has 0 aromatic heterocycles. The second-order valence-electron chi connectivity index (χ2n) is 5.42. The summed E-state index contributed by atoms with van der Waals surface area (Å²) in [5, 5.41) is 8.26. The zero-order valence-electron chi connectivity index (χ0n) is 14.8. The first-order valence-corrected chi connectivity index (χ1v) is 7.84. The third-order valence-corrected chi connectivity index (χ3v) is 3.54. The predicted octanol–water partition coefficient (Wildman–Crippen LogP) is 0.920. The molecule has 2 amide bonds. The molecule has 140 valence electrons. The molecule has 0 aliphatic carbocycles. The Balaban J connectivity index is 0.00000576. The number of methoxy groups -OCH3 is 1. The molecule has 25 heavy (non-hydrogen) atoms. The van der Waals surface area contributed by atoms with E-state index >= 15 is 0 Å². The molecular weight excluding hydrogens is 346 g/mol. The lowest BCUT2D eigenvalue weighted by molar-refractivity contribution is -0.126. The third-order valence-electron chi connectivity index (χ3n) is 3.54. The van der Waals surface area contributed by atoms with Gasteiger partial charge in [-0.2, -0.15) is 0 Å². The molecule has 1 rings (SSSR count). The molecule has 0 spiro atoms. The fourth-order valence-corrected chi connectivity index (χ4v) is 1.83. The van der Waals surface area contributed by atoms with Crippen LogP contribution in [0, 0.1) is 0 Å². The number of ether oxygens (including phenoxy) is 1. The Morgan fingerprint density at radius 1 is 1.04 bits per heavy atom. The van der Waals surface area contributed by atoms with Gasteiger partial charge in [0, 0.05) is 31.0 Å². The quantitative estimate of drug-likeness (QED) is 0.531. The molecule has 0 saturated heterocycles. The molecule has 0 bridgehead atoms. The molecule has 0 fully saturated rings. The van der Waals surface area contributed by atoms with Crippen molar-refractivity contribution >= 4 is 30.0 Å². The number of benzene rings is 1. The van der Waals surface area contributed by atoms with Gasteiger partial charge in [0.15, 0.2) is 5.78 Å². The number of ketones is 1. The number of nitrogens with one attached hydrogen (secondary N) is 3. The molecule has 0 heterocycles. The van der Waals surface area contributed by atoms with Crippen molar-refractivity contribution in [2.45, 2.75) is 25.8 Å². The Bertz CT molecular complexity index is 564. The van der Waals surface area contributed by atoms with Crippen LogP contribution < -0.4 is 20.7 Å². The fourth-order valence-electron chi connectivity index (χ4n) is 1.83. The average Bonchev–Trinajstić information content (AvgIpc) is 2.62. The molecule has 0 radical (unpaired) electrons. The smallest absolute Gasteiger partial charge is 0.220 e. The Labute approximate surface area is 154 Å². The minimum Gasteiger partial charge on any atom is -0.497 e. The van der Waals surface area contributed by atoms with Crippen LogP contribution in [0.3, 0.4) is 0 Å². The Morgan fingerprint density at radius 3 is 2.12 bits per heavy atom. The highest BCUT2D eigenvalue weighted by atomic mass is 35.5. The molecule has 0 aliphatic heterocycles. The second-order valence-corrected chi connectivity index (χ2v) is 5.42.